The number of halogens is 1. The third-order valence-electron chi connectivity index (χ3n) is 5.55. The average Bonchev–Trinajstić information content (AvgIpc) is 2.81. The van der Waals surface area contributed by atoms with Crippen molar-refractivity contribution in [3.05, 3.63) is 58.6 Å². The minimum absolute atomic E-state index is 0.137. The van der Waals surface area contributed by atoms with Crippen LogP contribution in [0.1, 0.15) is 37.8 Å². The van der Waals surface area contributed by atoms with E-state index in [-0.39, 0.29) is 12.5 Å². The van der Waals surface area contributed by atoms with Crippen molar-refractivity contribution < 1.29 is 22.7 Å². The topological polar surface area (TPSA) is 96.0 Å². The van der Waals surface area contributed by atoms with Gasteiger partial charge in [-0.3, -0.25) is 13.9 Å². The van der Waals surface area contributed by atoms with Gasteiger partial charge in [0, 0.05) is 18.1 Å². The monoisotopic (exact) mass is 523 g/mol. The summed E-state index contributed by atoms with van der Waals surface area (Å²) in [5.41, 5.74) is 1.76. The molecule has 0 heterocycles. The molecule has 8 nitrogen and oxygen atoms in total. The summed E-state index contributed by atoms with van der Waals surface area (Å²) in [6, 6.07) is 11.2. The number of nitrogens with one attached hydrogen (secondary N) is 1. The van der Waals surface area contributed by atoms with Gasteiger partial charge in [0.2, 0.25) is 21.8 Å². The second kappa shape index (κ2) is 12.8. The molecule has 2 aromatic carbocycles. The van der Waals surface area contributed by atoms with Crippen LogP contribution in [0.5, 0.6) is 5.75 Å². The van der Waals surface area contributed by atoms with Crippen molar-refractivity contribution >= 4 is 39.1 Å². The van der Waals surface area contributed by atoms with Gasteiger partial charge in [0.05, 0.1) is 19.1 Å². The van der Waals surface area contributed by atoms with E-state index < -0.39 is 28.5 Å². The molecule has 35 heavy (non-hydrogen) atoms. The zero-order valence-electron chi connectivity index (χ0n) is 20.9. The van der Waals surface area contributed by atoms with Crippen LogP contribution in [0.25, 0.3) is 0 Å². The Balaban J connectivity index is 2.44. The summed E-state index contributed by atoms with van der Waals surface area (Å²) in [5, 5.41) is 3.32. The molecule has 2 aromatic rings. The van der Waals surface area contributed by atoms with E-state index in [0.717, 1.165) is 22.5 Å². The molecular formula is C25H34ClN3O5S. The summed E-state index contributed by atoms with van der Waals surface area (Å²) in [5.74, 6) is -0.0929. The Bertz CT molecular complexity index is 1120. The van der Waals surface area contributed by atoms with E-state index >= 15 is 0 Å². The maximum Gasteiger partial charge on any atom is 0.244 e. The van der Waals surface area contributed by atoms with Gasteiger partial charge in [0.15, 0.2) is 0 Å². The Morgan fingerprint density at radius 3 is 2.29 bits per heavy atom. The first-order chi connectivity index (χ1) is 16.5. The molecule has 2 amide bonds. The molecule has 10 heteroatoms. The van der Waals surface area contributed by atoms with Gasteiger partial charge in [0.1, 0.15) is 18.3 Å². The number of benzene rings is 2. The lowest BCUT2D eigenvalue weighted by Gasteiger charge is -2.33. The summed E-state index contributed by atoms with van der Waals surface area (Å²) < 4.78 is 31.7. The third kappa shape index (κ3) is 7.86. The molecule has 0 aliphatic heterocycles. The van der Waals surface area contributed by atoms with Gasteiger partial charge >= 0.3 is 0 Å². The summed E-state index contributed by atoms with van der Waals surface area (Å²) in [4.78, 5) is 28.0. The van der Waals surface area contributed by atoms with Gasteiger partial charge < -0.3 is 15.0 Å². The van der Waals surface area contributed by atoms with Crippen molar-refractivity contribution in [2.75, 3.05) is 30.8 Å². The highest BCUT2D eigenvalue weighted by molar-refractivity contribution is 7.92. The zero-order chi connectivity index (χ0) is 26.2. The van der Waals surface area contributed by atoms with Gasteiger partial charge in [-0.25, -0.2) is 8.42 Å². The quantitative estimate of drug-likeness (QED) is 0.457. The minimum Gasteiger partial charge on any atom is -0.497 e. The fourth-order valence-corrected chi connectivity index (χ4v) is 4.84. The fourth-order valence-electron chi connectivity index (χ4n) is 3.71. The molecule has 0 bridgehead atoms. The molecule has 192 valence electrons. The van der Waals surface area contributed by atoms with Crippen LogP contribution < -0.4 is 14.4 Å². The first kappa shape index (κ1) is 28.5. The van der Waals surface area contributed by atoms with Gasteiger partial charge in [-0.05, 0) is 61.2 Å². The molecule has 0 spiro atoms. The van der Waals surface area contributed by atoms with E-state index in [2.05, 4.69) is 5.32 Å². The predicted octanol–water partition coefficient (Wildman–Crippen LogP) is 3.76. The van der Waals surface area contributed by atoms with E-state index in [4.69, 9.17) is 16.3 Å². The SMILES string of the molecule is CCCNC(=O)[C@H](CC)N(Cc1ccc(OC)cc1)C(=O)CN(c1ccc(Cl)cc1C)S(C)(=O)=O. The van der Waals surface area contributed by atoms with Crippen LogP contribution in [-0.4, -0.2) is 57.6 Å². The van der Waals surface area contributed by atoms with Crippen LogP contribution in [0.15, 0.2) is 42.5 Å². The van der Waals surface area contributed by atoms with Crippen LogP contribution in [0.2, 0.25) is 5.02 Å². The number of sulfonamides is 1. The summed E-state index contributed by atoms with van der Waals surface area (Å²) in [6.07, 6.45) is 2.18. The lowest BCUT2D eigenvalue weighted by Crippen LogP contribution is -2.52. The largest absolute Gasteiger partial charge is 0.497 e. The highest BCUT2D eigenvalue weighted by Gasteiger charge is 2.32. The molecule has 0 saturated carbocycles. The number of nitrogens with zero attached hydrogens (tertiary/aromatic N) is 2. The second-order valence-electron chi connectivity index (χ2n) is 8.29. The first-order valence-corrected chi connectivity index (χ1v) is 13.7. The number of hydrogen-bond acceptors (Lipinski definition) is 5. The Morgan fingerprint density at radius 1 is 1.11 bits per heavy atom. The van der Waals surface area contributed by atoms with Crippen molar-refractivity contribution in [1.82, 2.24) is 10.2 Å². The molecule has 1 atom stereocenters. The lowest BCUT2D eigenvalue weighted by atomic mass is 10.1. The van der Waals surface area contributed by atoms with Crippen LogP contribution >= 0.6 is 11.6 Å². The summed E-state index contributed by atoms with van der Waals surface area (Å²) in [6.45, 7) is 5.67. The van der Waals surface area contributed by atoms with Crippen LogP contribution in [0.3, 0.4) is 0 Å². The molecule has 0 aliphatic rings. The standard InChI is InChI=1S/C25H34ClN3O5S/c1-6-14-27-25(31)22(7-2)28(16-19-8-11-21(34-4)12-9-19)24(30)17-29(35(5,32)33)23-13-10-20(26)15-18(23)3/h8-13,15,22H,6-7,14,16-17H2,1-5H3,(H,27,31)/t22-/m0/s1. The minimum atomic E-state index is -3.80. The summed E-state index contributed by atoms with van der Waals surface area (Å²) in [7, 11) is -2.24. The highest BCUT2D eigenvalue weighted by Crippen LogP contribution is 2.26. The van der Waals surface area contributed by atoms with Crippen molar-refractivity contribution in [3.8, 4) is 5.75 Å². The third-order valence-corrected chi connectivity index (χ3v) is 6.92. The smallest absolute Gasteiger partial charge is 0.244 e. The normalized spacial score (nSPS) is 12.1. The predicted molar refractivity (Wildman–Crippen MR) is 139 cm³/mol. The van der Waals surface area contributed by atoms with Crippen molar-refractivity contribution in [2.45, 2.75) is 46.2 Å². The van der Waals surface area contributed by atoms with Gasteiger partial charge in [-0.1, -0.05) is 37.6 Å². The Morgan fingerprint density at radius 2 is 1.77 bits per heavy atom. The van der Waals surface area contributed by atoms with Gasteiger partial charge in [-0.15, -0.1) is 0 Å². The lowest BCUT2D eigenvalue weighted by molar-refractivity contribution is -0.140. The number of ether oxygens (including phenoxy) is 1. The van der Waals surface area contributed by atoms with Crippen LogP contribution in [0, 0.1) is 6.92 Å². The second-order valence-corrected chi connectivity index (χ2v) is 10.6. The van der Waals surface area contributed by atoms with Crippen molar-refractivity contribution in [2.24, 2.45) is 0 Å². The maximum absolute atomic E-state index is 13.6. The van der Waals surface area contributed by atoms with E-state index in [1.54, 1.807) is 44.4 Å². The molecule has 0 saturated heterocycles. The number of aryl methyl sites for hydroxylation is 1. The van der Waals surface area contributed by atoms with Crippen molar-refractivity contribution in [3.63, 3.8) is 0 Å². The Kier molecular flexibility index (Phi) is 10.4. The number of methoxy groups -OCH3 is 1. The van der Waals surface area contributed by atoms with E-state index in [9.17, 15) is 18.0 Å². The molecule has 0 unspecified atom stereocenters. The van der Waals surface area contributed by atoms with Gasteiger partial charge in [0.25, 0.3) is 0 Å². The van der Waals surface area contributed by atoms with Crippen LogP contribution in [-0.2, 0) is 26.2 Å². The molecule has 0 aliphatic carbocycles. The van der Waals surface area contributed by atoms with E-state index in [1.807, 2.05) is 26.0 Å². The van der Waals surface area contributed by atoms with Crippen LogP contribution in [0.4, 0.5) is 5.69 Å². The first-order valence-electron chi connectivity index (χ1n) is 11.5. The number of hydrogen-bond donors (Lipinski definition) is 1. The highest BCUT2D eigenvalue weighted by atomic mass is 35.5. The summed E-state index contributed by atoms with van der Waals surface area (Å²) >= 11 is 6.04. The van der Waals surface area contributed by atoms with Crippen molar-refractivity contribution in [1.29, 1.82) is 0 Å². The van der Waals surface area contributed by atoms with Gasteiger partial charge in [-0.2, -0.15) is 0 Å². The average molecular weight is 524 g/mol. The zero-order valence-corrected chi connectivity index (χ0v) is 22.4. The van der Waals surface area contributed by atoms with E-state index in [1.165, 1.54) is 4.90 Å². The Labute approximate surface area is 213 Å². The maximum atomic E-state index is 13.6. The number of rotatable bonds is 12. The molecule has 0 fully saturated rings. The number of anilines is 1. The number of carbonyl (C=O) groups is 2. The Hall–Kier alpha value is -2.78. The molecular weight excluding hydrogens is 490 g/mol. The van der Waals surface area contributed by atoms with E-state index in [0.29, 0.717) is 35.0 Å². The molecule has 0 radical (unpaired) electrons. The molecule has 1 N–H and O–H groups in total. The molecule has 0 aromatic heterocycles. The number of amides is 2. The molecule has 2 rings (SSSR count). The number of carbonyl (C=O) groups excluding carboxylic acids is 2. The fraction of sp³-hybridized carbons (Fsp3) is 0.440.